The lowest BCUT2D eigenvalue weighted by atomic mass is 9.92. The van der Waals surface area contributed by atoms with Crippen molar-refractivity contribution in [3.63, 3.8) is 0 Å². The average Bonchev–Trinajstić information content (AvgIpc) is 2.32. The van der Waals surface area contributed by atoms with Crippen molar-refractivity contribution in [3.05, 3.63) is 0 Å². The summed E-state index contributed by atoms with van der Waals surface area (Å²) in [4.78, 5) is 2.52. The Morgan fingerprint density at radius 1 is 1.21 bits per heavy atom. The van der Waals surface area contributed by atoms with E-state index in [-0.39, 0.29) is 5.54 Å². The van der Waals surface area contributed by atoms with E-state index in [4.69, 9.17) is 5.21 Å². The van der Waals surface area contributed by atoms with Gasteiger partial charge in [0.25, 0.3) is 0 Å². The smallest absolute Gasteiger partial charge is 0.0657 e. The first kappa shape index (κ1) is 9.97. The second-order valence-corrected chi connectivity index (χ2v) is 5.57. The number of nitrogens with zero attached hydrogens (tertiary/aromatic N) is 2. The van der Waals surface area contributed by atoms with Gasteiger partial charge in [-0.15, -0.1) is 0 Å². The summed E-state index contributed by atoms with van der Waals surface area (Å²) in [7, 11) is 0. The van der Waals surface area contributed by atoms with E-state index in [0.717, 1.165) is 18.8 Å². The van der Waals surface area contributed by atoms with E-state index in [2.05, 4.69) is 30.8 Å². The predicted octanol–water partition coefficient (Wildman–Crippen LogP) is 1.96. The van der Waals surface area contributed by atoms with Crippen LogP contribution in [0, 0.1) is 11.8 Å². The second kappa shape index (κ2) is 3.23. The highest BCUT2D eigenvalue weighted by molar-refractivity contribution is 5.91. The molecule has 2 atom stereocenters. The third-order valence-corrected chi connectivity index (χ3v) is 3.65. The van der Waals surface area contributed by atoms with Gasteiger partial charge in [0.15, 0.2) is 0 Å². The summed E-state index contributed by atoms with van der Waals surface area (Å²) in [5, 5.41) is 12.4. The summed E-state index contributed by atoms with van der Waals surface area (Å²) in [5.41, 5.74) is 1.31. The van der Waals surface area contributed by atoms with Gasteiger partial charge in [-0.3, -0.25) is 4.90 Å². The van der Waals surface area contributed by atoms with Crippen LogP contribution in [0.15, 0.2) is 5.16 Å². The van der Waals surface area contributed by atoms with Crippen LogP contribution >= 0.6 is 0 Å². The number of piperidine rings is 1. The van der Waals surface area contributed by atoms with E-state index in [9.17, 15) is 0 Å². The van der Waals surface area contributed by atoms with Crippen molar-refractivity contribution >= 4 is 5.71 Å². The Morgan fingerprint density at radius 2 is 1.71 bits per heavy atom. The SMILES string of the molecule is CC(C)(C)N1CC2CCC(C1)C2=NO. The van der Waals surface area contributed by atoms with Crippen LogP contribution in [0.3, 0.4) is 0 Å². The van der Waals surface area contributed by atoms with Crippen LogP contribution in [0.2, 0.25) is 0 Å². The molecular weight excluding hydrogens is 176 g/mol. The van der Waals surface area contributed by atoms with Gasteiger partial charge in [0, 0.05) is 30.5 Å². The zero-order chi connectivity index (χ0) is 10.3. The van der Waals surface area contributed by atoms with Gasteiger partial charge < -0.3 is 5.21 Å². The molecule has 3 heteroatoms. The predicted molar refractivity (Wildman–Crippen MR) is 56.8 cm³/mol. The van der Waals surface area contributed by atoms with Gasteiger partial charge in [0.2, 0.25) is 0 Å². The van der Waals surface area contributed by atoms with Gasteiger partial charge in [-0.25, -0.2) is 0 Å². The fourth-order valence-corrected chi connectivity index (χ4v) is 2.72. The molecule has 2 unspecified atom stereocenters. The highest BCUT2D eigenvalue weighted by Gasteiger charge is 2.42. The minimum atomic E-state index is 0.252. The number of rotatable bonds is 0. The lowest BCUT2D eigenvalue weighted by molar-refractivity contribution is 0.111. The molecule has 2 rings (SSSR count). The minimum absolute atomic E-state index is 0.252. The molecule has 0 aromatic carbocycles. The molecule has 3 nitrogen and oxygen atoms in total. The van der Waals surface area contributed by atoms with E-state index in [0.29, 0.717) is 11.8 Å². The maximum Gasteiger partial charge on any atom is 0.0657 e. The third kappa shape index (κ3) is 1.54. The van der Waals surface area contributed by atoms with Crippen LogP contribution in [0.5, 0.6) is 0 Å². The summed E-state index contributed by atoms with van der Waals surface area (Å²) >= 11 is 0. The highest BCUT2D eigenvalue weighted by Crippen LogP contribution is 2.36. The molecule has 2 aliphatic rings. The summed E-state index contributed by atoms with van der Waals surface area (Å²) in [6.45, 7) is 8.91. The second-order valence-electron chi connectivity index (χ2n) is 5.57. The molecule has 1 heterocycles. The van der Waals surface area contributed by atoms with Crippen LogP contribution in [-0.2, 0) is 0 Å². The molecule has 80 valence electrons. The van der Waals surface area contributed by atoms with E-state index >= 15 is 0 Å². The van der Waals surface area contributed by atoms with Gasteiger partial charge >= 0.3 is 0 Å². The highest BCUT2D eigenvalue weighted by atomic mass is 16.4. The first-order valence-corrected chi connectivity index (χ1v) is 5.49. The summed E-state index contributed by atoms with van der Waals surface area (Å²) in [5.74, 6) is 1.02. The molecule has 1 aliphatic carbocycles. The molecule has 0 aromatic heterocycles. The molecule has 14 heavy (non-hydrogen) atoms. The van der Waals surface area contributed by atoms with E-state index in [1.54, 1.807) is 0 Å². The van der Waals surface area contributed by atoms with Crippen LogP contribution < -0.4 is 0 Å². The van der Waals surface area contributed by atoms with Crippen molar-refractivity contribution in [2.75, 3.05) is 13.1 Å². The molecular formula is C11H20N2O. The fraction of sp³-hybridized carbons (Fsp3) is 0.909. The summed E-state index contributed by atoms with van der Waals surface area (Å²) < 4.78 is 0. The van der Waals surface area contributed by atoms with Gasteiger partial charge in [-0.1, -0.05) is 5.16 Å². The van der Waals surface area contributed by atoms with Crippen molar-refractivity contribution in [1.82, 2.24) is 4.90 Å². The lowest BCUT2D eigenvalue weighted by Crippen LogP contribution is -2.51. The largest absolute Gasteiger partial charge is 0.411 e. The topological polar surface area (TPSA) is 35.8 Å². The Morgan fingerprint density at radius 3 is 2.07 bits per heavy atom. The van der Waals surface area contributed by atoms with Crippen molar-refractivity contribution in [2.45, 2.75) is 39.2 Å². The van der Waals surface area contributed by atoms with Gasteiger partial charge in [0.05, 0.1) is 5.71 Å². The molecule has 1 N–H and O–H groups in total. The first-order valence-electron chi connectivity index (χ1n) is 5.49. The fourth-order valence-electron chi connectivity index (χ4n) is 2.72. The summed E-state index contributed by atoms with van der Waals surface area (Å²) in [6.07, 6.45) is 2.41. The van der Waals surface area contributed by atoms with Gasteiger partial charge in [-0.2, -0.15) is 0 Å². The van der Waals surface area contributed by atoms with Crippen LogP contribution in [0.25, 0.3) is 0 Å². The lowest BCUT2D eigenvalue weighted by Gasteiger charge is -2.41. The monoisotopic (exact) mass is 196 g/mol. The summed E-state index contributed by atoms with van der Waals surface area (Å²) in [6, 6.07) is 0. The standard InChI is InChI=1S/C11H20N2O/c1-11(2,3)13-6-8-4-5-9(7-13)10(8)12-14/h8-9,14H,4-7H2,1-3H3. The van der Waals surface area contributed by atoms with E-state index < -0.39 is 0 Å². The van der Waals surface area contributed by atoms with Gasteiger partial charge in [-0.05, 0) is 33.6 Å². The average molecular weight is 196 g/mol. The Bertz CT molecular complexity index is 239. The number of hydrogen-bond acceptors (Lipinski definition) is 3. The number of hydrogen-bond donors (Lipinski definition) is 1. The van der Waals surface area contributed by atoms with Crippen LogP contribution in [-0.4, -0.2) is 34.4 Å². The Kier molecular flexibility index (Phi) is 2.30. The number of oxime groups is 1. The first-order chi connectivity index (χ1) is 6.52. The van der Waals surface area contributed by atoms with Crippen molar-refractivity contribution < 1.29 is 5.21 Å². The number of likely N-dealkylation sites (tertiary alicyclic amines) is 1. The quantitative estimate of drug-likeness (QED) is 0.475. The molecule has 1 saturated carbocycles. The Balaban J connectivity index is 2.14. The Hall–Kier alpha value is -0.570. The van der Waals surface area contributed by atoms with Gasteiger partial charge in [0.1, 0.15) is 0 Å². The third-order valence-electron chi connectivity index (χ3n) is 3.65. The maximum atomic E-state index is 8.93. The molecule has 0 spiro atoms. The van der Waals surface area contributed by atoms with E-state index in [1.165, 1.54) is 12.8 Å². The molecule has 1 saturated heterocycles. The van der Waals surface area contributed by atoms with Crippen LogP contribution in [0.4, 0.5) is 0 Å². The molecule has 0 radical (unpaired) electrons. The zero-order valence-corrected chi connectivity index (χ0v) is 9.32. The molecule has 0 amide bonds. The van der Waals surface area contributed by atoms with Crippen molar-refractivity contribution in [2.24, 2.45) is 17.0 Å². The normalized spacial score (nSPS) is 33.5. The van der Waals surface area contributed by atoms with E-state index in [1.807, 2.05) is 0 Å². The molecule has 2 fully saturated rings. The number of fused-ring (bicyclic) bond motifs is 2. The Labute approximate surface area is 85.8 Å². The van der Waals surface area contributed by atoms with Crippen molar-refractivity contribution in [1.29, 1.82) is 0 Å². The zero-order valence-electron chi connectivity index (χ0n) is 9.32. The molecule has 0 aromatic rings. The van der Waals surface area contributed by atoms with Crippen molar-refractivity contribution in [3.8, 4) is 0 Å². The minimum Gasteiger partial charge on any atom is -0.411 e. The maximum absolute atomic E-state index is 8.93. The van der Waals surface area contributed by atoms with Crippen LogP contribution in [0.1, 0.15) is 33.6 Å². The molecule has 1 aliphatic heterocycles. The molecule has 2 bridgehead atoms.